The van der Waals surface area contributed by atoms with Gasteiger partial charge in [-0.05, 0) is 24.5 Å². The molecule has 2 heterocycles. The summed E-state index contributed by atoms with van der Waals surface area (Å²) in [7, 11) is 0. The van der Waals surface area contributed by atoms with Crippen LogP contribution in [0.1, 0.15) is 23.7 Å². The van der Waals surface area contributed by atoms with Crippen LogP contribution in [-0.2, 0) is 0 Å². The molecule has 1 aromatic heterocycles. The molecule has 0 spiro atoms. The number of hydrogen-bond acceptors (Lipinski definition) is 3. The number of pyridine rings is 1. The van der Waals surface area contributed by atoms with Gasteiger partial charge in [-0.1, -0.05) is 6.92 Å². The van der Waals surface area contributed by atoms with Crippen LogP contribution >= 0.6 is 0 Å². The Morgan fingerprint density at radius 1 is 1.65 bits per heavy atom. The highest BCUT2D eigenvalue weighted by atomic mass is 19.1. The Morgan fingerprint density at radius 2 is 2.41 bits per heavy atom. The van der Waals surface area contributed by atoms with Gasteiger partial charge in [0.15, 0.2) is 0 Å². The van der Waals surface area contributed by atoms with Gasteiger partial charge in [-0.25, -0.2) is 4.98 Å². The first-order valence-electron chi connectivity index (χ1n) is 5.67. The van der Waals surface area contributed by atoms with Crippen molar-refractivity contribution in [2.24, 2.45) is 5.92 Å². The number of nitrogens with zero attached hydrogens (tertiary/aromatic N) is 2. The van der Waals surface area contributed by atoms with E-state index in [2.05, 4.69) is 4.98 Å². The number of amides is 1. The zero-order valence-corrected chi connectivity index (χ0v) is 9.64. The second kappa shape index (κ2) is 4.79. The predicted molar refractivity (Wildman–Crippen MR) is 59.9 cm³/mol. The van der Waals surface area contributed by atoms with Crippen LogP contribution in [0.2, 0.25) is 0 Å². The van der Waals surface area contributed by atoms with E-state index < -0.39 is 5.95 Å². The maximum atomic E-state index is 13.4. The molecule has 17 heavy (non-hydrogen) atoms. The molecule has 1 aliphatic rings. The van der Waals surface area contributed by atoms with Crippen molar-refractivity contribution in [1.29, 1.82) is 0 Å². The molecule has 1 aliphatic heterocycles. The smallest absolute Gasteiger partial charge is 0.258 e. The monoisotopic (exact) mass is 238 g/mol. The molecule has 0 bridgehead atoms. The van der Waals surface area contributed by atoms with Gasteiger partial charge < -0.3 is 10.0 Å². The van der Waals surface area contributed by atoms with Crippen LogP contribution in [0.4, 0.5) is 4.39 Å². The zero-order valence-electron chi connectivity index (χ0n) is 9.64. The summed E-state index contributed by atoms with van der Waals surface area (Å²) >= 11 is 0. The van der Waals surface area contributed by atoms with Crippen molar-refractivity contribution in [2.75, 3.05) is 13.1 Å². The highest BCUT2D eigenvalue weighted by molar-refractivity contribution is 5.94. The van der Waals surface area contributed by atoms with Gasteiger partial charge in [0.2, 0.25) is 5.95 Å². The summed E-state index contributed by atoms with van der Waals surface area (Å²) in [4.78, 5) is 17.1. The molecular formula is C12H15FN2O2. The molecule has 1 amide bonds. The van der Waals surface area contributed by atoms with Gasteiger partial charge in [-0.3, -0.25) is 4.79 Å². The van der Waals surface area contributed by atoms with Gasteiger partial charge in [-0.2, -0.15) is 4.39 Å². The summed E-state index contributed by atoms with van der Waals surface area (Å²) < 4.78 is 13.4. The highest BCUT2D eigenvalue weighted by Gasteiger charge is 2.28. The first-order valence-corrected chi connectivity index (χ1v) is 5.67. The number of carbonyl (C=O) groups is 1. The number of rotatable bonds is 1. The lowest BCUT2D eigenvalue weighted by Gasteiger charge is -2.34. The molecule has 1 aromatic rings. The van der Waals surface area contributed by atoms with E-state index in [1.807, 2.05) is 6.92 Å². The molecule has 2 unspecified atom stereocenters. The molecule has 0 saturated carbocycles. The summed E-state index contributed by atoms with van der Waals surface area (Å²) in [6.07, 6.45) is 1.47. The second-order valence-corrected chi connectivity index (χ2v) is 4.43. The van der Waals surface area contributed by atoms with Gasteiger partial charge in [0.25, 0.3) is 5.91 Å². The average Bonchev–Trinajstić information content (AvgIpc) is 2.32. The lowest BCUT2D eigenvalue weighted by Crippen LogP contribution is -2.45. The highest BCUT2D eigenvalue weighted by Crippen LogP contribution is 2.19. The van der Waals surface area contributed by atoms with E-state index in [0.29, 0.717) is 19.5 Å². The fourth-order valence-electron chi connectivity index (χ4n) is 2.03. The molecule has 1 N–H and O–H groups in total. The number of piperidine rings is 1. The van der Waals surface area contributed by atoms with Crippen molar-refractivity contribution >= 4 is 5.91 Å². The molecule has 0 aliphatic carbocycles. The molecule has 0 radical (unpaired) electrons. The molecular weight excluding hydrogens is 223 g/mol. The largest absolute Gasteiger partial charge is 0.393 e. The Kier molecular flexibility index (Phi) is 3.38. The van der Waals surface area contributed by atoms with Gasteiger partial charge in [0.1, 0.15) is 0 Å². The fraction of sp³-hybridized carbons (Fsp3) is 0.500. The Hall–Kier alpha value is -1.49. The van der Waals surface area contributed by atoms with E-state index in [0.717, 1.165) is 0 Å². The number of carbonyl (C=O) groups excluding carboxylic acids is 1. The lowest BCUT2D eigenvalue weighted by atomic mass is 9.96. The van der Waals surface area contributed by atoms with Crippen molar-refractivity contribution in [3.63, 3.8) is 0 Å². The minimum Gasteiger partial charge on any atom is -0.393 e. The summed E-state index contributed by atoms with van der Waals surface area (Å²) in [5.41, 5.74) is -0.00362. The van der Waals surface area contributed by atoms with Crippen molar-refractivity contribution in [3.05, 3.63) is 29.8 Å². The average molecular weight is 238 g/mol. The summed E-state index contributed by atoms with van der Waals surface area (Å²) in [5.74, 6) is -1.07. The van der Waals surface area contributed by atoms with Gasteiger partial charge in [0, 0.05) is 19.3 Å². The summed E-state index contributed by atoms with van der Waals surface area (Å²) in [6.45, 7) is 2.79. The molecule has 2 rings (SSSR count). The van der Waals surface area contributed by atoms with Crippen LogP contribution in [0.3, 0.4) is 0 Å². The number of hydrogen-bond donors (Lipinski definition) is 1. The minimum atomic E-state index is -0.740. The quantitative estimate of drug-likeness (QED) is 0.744. The van der Waals surface area contributed by atoms with Gasteiger partial charge >= 0.3 is 0 Å². The molecule has 1 saturated heterocycles. The third-order valence-electron chi connectivity index (χ3n) is 3.14. The lowest BCUT2D eigenvalue weighted by molar-refractivity contribution is 0.0294. The Labute approximate surface area is 99.1 Å². The van der Waals surface area contributed by atoms with E-state index in [4.69, 9.17) is 0 Å². The van der Waals surface area contributed by atoms with Crippen molar-refractivity contribution < 1.29 is 14.3 Å². The van der Waals surface area contributed by atoms with Gasteiger partial charge in [0.05, 0.1) is 11.7 Å². The standard InChI is InChI=1S/C12H15FN2O2/c1-8-7-15(6-4-10(8)16)12(17)9-3-2-5-14-11(9)13/h2-3,5,8,10,16H,4,6-7H2,1H3. The van der Waals surface area contributed by atoms with Crippen LogP contribution in [0.25, 0.3) is 0 Å². The molecule has 2 atom stereocenters. The number of aliphatic hydroxyl groups is 1. The summed E-state index contributed by atoms with van der Waals surface area (Å²) in [6, 6.07) is 2.97. The van der Waals surface area contributed by atoms with Crippen LogP contribution in [0.15, 0.2) is 18.3 Å². The molecule has 0 aromatic carbocycles. The maximum absolute atomic E-state index is 13.4. The van der Waals surface area contributed by atoms with Crippen molar-refractivity contribution in [2.45, 2.75) is 19.4 Å². The SMILES string of the molecule is CC1CN(C(=O)c2cccnc2F)CCC1O. The number of halogens is 1. The number of aliphatic hydroxyl groups excluding tert-OH is 1. The van der Waals surface area contributed by atoms with E-state index in [1.54, 1.807) is 11.0 Å². The second-order valence-electron chi connectivity index (χ2n) is 4.43. The van der Waals surface area contributed by atoms with E-state index in [1.165, 1.54) is 12.3 Å². The fourth-order valence-corrected chi connectivity index (χ4v) is 2.03. The minimum absolute atomic E-state index is 0.00362. The molecule has 92 valence electrons. The van der Waals surface area contributed by atoms with E-state index in [-0.39, 0.29) is 23.5 Å². The first kappa shape index (κ1) is 12.0. The van der Waals surface area contributed by atoms with Crippen LogP contribution in [0, 0.1) is 11.9 Å². The van der Waals surface area contributed by atoms with E-state index in [9.17, 15) is 14.3 Å². The Bertz CT molecular complexity index is 425. The van der Waals surface area contributed by atoms with Crippen molar-refractivity contribution in [1.82, 2.24) is 9.88 Å². The third-order valence-corrected chi connectivity index (χ3v) is 3.14. The van der Waals surface area contributed by atoms with Crippen molar-refractivity contribution in [3.8, 4) is 0 Å². The molecule has 5 heteroatoms. The van der Waals surface area contributed by atoms with Gasteiger partial charge in [-0.15, -0.1) is 0 Å². The first-order chi connectivity index (χ1) is 8.09. The topological polar surface area (TPSA) is 53.4 Å². The number of aromatic nitrogens is 1. The van der Waals surface area contributed by atoms with Crippen LogP contribution < -0.4 is 0 Å². The summed E-state index contributed by atoms with van der Waals surface area (Å²) in [5, 5.41) is 9.58. The molecule has 4 nitrogen and oxygen atoms in total. The van der Waals surface area contributed by atoms with E-state index >= 15 is 0 Å². The Balaban J connectivity index is 2.14. The number of likely N-dealkylation sites (tertiary alicyclic amines) is 1. The molecule has 1 fully saturated rings. The maximum Gasteiger partial charge on any atom is 0.258 e. The third kappa shape index (κ3) is 2.44. The normalized spacial score (nSPS) is 24.8. The zero-order chi connectivity index (χ0) is 12.4. The van der Waals surface area contributed by atoms with Crippen LogP contribution in [-0.4, -0.2) is 40.1 Å². The Morgan fingerprint density at radius 3 is 3.06 bits per heavy atom. The van der Waals surface area contributed by atoms with Crippen LogP contribution in [0.5, 0.6) is 0 Å². The predicted octanol–water partition coefficient (Wildman–Crippen LogP) is 1.06.